The SMILES string of the molecule is CCCO/N=C(\C)c1ccc2c(c1)N(CC)C(=O)CO2. The molecule has 0 unspecified atom stereocenters. The van der Waals surface area contributed by atoms with E-state index in [1.165, 1.54) is 0 Å². The van der Waals surface area contributed by atoms with E-state index in [1.807, 2.05) is 39.0 Å². The summed E-state index contributed by atoms with van der Waals surface area (Å²) >= 11 is 0. The maximum absolute atomic E-state index is 11.8. The van der Waals surface area contributed by atoms with E-state index >= 15 is 0 Å². The van der Waals surface area contributed by atoms with E-state index in [0.29, 0.717) is 13.2 Å². The number of carbonyl (C=O) groups excluding carboxylic acids is 1. The summed E-state index contributed by atoms with van der Waals surface area (Å²) in [7, 11) is 0. The number of anilines is 1. The lowest BCUT2D eigenvalue weighted by molar-refractivity contribution is -0.121. The van der Waals surface area contributed by atoms with Gasteiger partial charge in [0.1, 0.15) is 12.4 Å². The monoisotopic (exact) mass is 276 g/mol. The number of rotatable bonds is 5. The third-order valence-electron chi connectivity index (χ3n) is 3.13. The van der Waals surface area contributed by atoms with Crippen LogP contribution in [0.25, 0.3) is 0 Å². The van der Waals surface area contributed by atoms with Gasteiger partial charge in [0.15, 0.2) is 6.61 Å². The zero-order chi connectivity index (χ0) is 14.5. The van der Waals surface area contributed by atoms with Crippen molar-refractivity contribution in [3.8, 4) is 5.75 Å². The molecule has 0 aliphatic carbocycles. The smallest absolute Gasteiger partial charge is 0.265 e. The number of carbonyl (C=O) groups is 1. The van der Waals surface area contributed by atoms with Gasteiger partial charge in [0.2, 0.25) is 0 Å². The molecule has 0 radical (unpaired) electrons. The van der Waals surface area contributed by atoms with Gasteiger partial charge in [0.05, 0.1) is 11.4 Å². The third kappa shape index (κ3) is 2.92. The highest BCUT2D eigenvalue weighted by atomic mass is 16.6. The number of fused-ring (bicyclic) bond motifs is 1. The second-order valence-corrected chi connectivity index (χ2v) is 4.62. The molecular formula is C15H20N2O3. The molecule has 108 valence electrons. The molecule has 0 bridgehead atoms. The molecule has 5 heteroatoms. The average molecular weight is 276 g/mol. The van der Waals surface area contributed by atoms with Crippen LogP contribution in [0.2, 0.25) is 0 Å². The highest BCUT2D eigenvalue weighted by molar-refractivity contribution is 6.02. The molecule has 0 atom stereocenters. The lowest BCUT2D eigenvalue weighted by Gasteiger charge is -2.28. The Morgan fingerprint density at radius 2 is 2.25 bits per heavy atom. The summed E-state index contributed by atoms with van der Waals surface area (Å²) in [6.45, 7) is 7.20. The second-order valence-electron chi connectivity index (χ2n) is 4.62. The largest absolute Gasteiger partial charge is 0.482 e. The summed E-state index contributed by atoms with van der Waals surface area (Å²) in [6.07, 6.45) is 0.924. The van der Waals surface area contributed by atoms with E-state index in [4.69, 9.17) is 9.57 Å². The van der Waals surface area contributed by atoms with E-state index in [9.17, 15) is 4.79 Å². The van der Waals surface area contributed by atoms with Gasteiger partial charge >= 0.3 is 0 Å². The number of nitrogens with zero attached hydrogens (tertiary/aromatic N) is 2. The van der Waals surface area contributed by atoms with Crippen LogP contribution in [0.1, 0.15) is 32.8 Å². The number of hydrogen-bond donors (Lipinski definition) is 0. The van der Waals surface area contributed by atoms with Crippen LogP contribution in [0.4, 0.5) is 5.69 Å². The first-order chi connectivity index (χ1) is 9.67. The van der Waals surface area contributed by atoms with Crippen molar-refractivity contribution in [2.45, 2.75) is 27.2 Å². The van der Waals surface area contributed by atoms with E-state index < -0.39 is 0 Å². The highest BCUT2D eigenvalue weighted by Gasteiger charge is 2.24. The van der Waals surface area contributed by atoms with Crippen molar-refractivity contribution in [2.24, 2.45) is 5.16 Å². The molecule has 1 amide bonds. The first kappa shape index (κ1) is 14.4. The van der Waals surface area contributed by atoms with Crippen LogP contribution in [0.15, 0.2) is 23.4 Å². The molecule has 0 saturated carbocycles. The number of ether oxygens (including phenoxy) is 1. The topological polar surface area (TPSA) is 51.1 Å². The molecule has 1 aliphatic rings. The Balaban J connectivity index is 2.28. The van der Waals surface area contributed by atoms with E-state index in [2.05, 4.69) is 5.16 Å². The molecule has 1 heterocycles. The third-order valence-corrected chi connectivity index (χ3v) is 3.13. The van der Waals surface area contributed by atoms with E-state index in [1.54, 1.807) is 4.90 Å². The Hall–Kier alpha value is -2.04. The Morgan fingerprint density at radius 3 is 2.95 bits per heavy atom. The van der Waals surface area contributed by atoms with Gasteiger partial charge in [0, 0.05) is 12.1 Å². The number of oxime groups is 1. The van der Waals surface area contributed by atoms with Crippen molar-refractivity contribution in [1.82, 2.24) is 0 Å². The molecule has 1 aromatic carbocycles. The van der Waals surface area contributed by atoms with Crippen molar-refractivity contribution in [3.05, 3.63) is 23.8 Å². The average Bonchev–Trinajstić information content (AvgIpc) is 2.46. The quantitative estimate of drug-likeness (QED) is 0.472. The van der Waals surface area contributed by atoms with Crippen molar-refractivity contribution in [2.75, 3.05) is 24.7 Å². The molecule has 0 N–H and O–H groups in total. The molecule has 2 rings (SSSR count). The molecule has 20 heavy (non-hydrogen) atoms. The van der Waals surface area contributed by atoms with Crippen molar-refractivity contribution < 1.29 is 14.4 Å². The summed E-state index contributed by atoms with van der Waals surface area (Å²) in [5.41, 5.74) is 2.51. The fourth-order valence-corrected chi connectivity index (χ4v) is 2.06. The van der Waals surface area contributed by atoms with Crippen LogP contribution >= 0.6 is 0 Å². The van der Waals surface area contributed by atoms with Gasteiger partial charge < -0.3 is 14.5 Å². The number of amides is 1. The van der Waals surface area contributed by atoms with Crippen molar-refractivity contribution in [1.29, 1.82) is 0 Å². The summed E-state index contributed by atoms with van der Waals surface area (Å²) in [4.78, 5) is 18.7. The van der Waals surface area contributed by atoms with Crippen LogP contribution in [-0.2, 0) is 9.63 Å². The zero-order valence-corrected chi connectivity index (χ0v) is 12.2. The van der Waals surface area contributed by atoms with Crippen LogP contribution in [-0.4, -0.2) is 31.4 Å². The summed E-state index contributed by atoms with van der Waals surface area (Å²) in [5, 5.41) is 4.08. The molecule has 0 saturated heterocycles. The maximum atomic E-state index is 11.8. The molecule has 0 aromatic heterocycles. The minimum Gasteiger partial charge on any atom is -0.482 e. The maximum Gasteiger partial charge on any atom is 0.265 e. The van der Waals surface area contributed by atoms with E-state index in [-0.39, 0.29) is 12.5 Å². The molecule has 5 nitrogen and oxygen atoms in total. The van der Waals surface area contributed by atoms with Crippen molar-refractivity contribution >= 4 is 17.3 Å². The number of hydrogen-bond acceptors (Lipinski definition) is 4. The predicted octanol–water partition coefficient (Wildman–Crippen LogP) is 2.58. The minimum atomic E-state index is -0.0195. The van der Waals surface area contributed by atoms with E-state index in [0.717, 1.165) is 29.1 Å². The van der Waals surface area contributed by atoms with Gasteiger partial charge in [-0.3, -0.25) is 4.79 Å². The summed E-state index contributed by atoms with van der Waals surface area (Å²) in [5.74, 6) is 0.714. The van der Waals surface area contributed by atoms with Gasteiger partial charge in [0.25, 0.3) is 5.91 Å². The Labute approximate surface area is 119 Å². The fourth-order valence-electron chi connectivity index (χ4n) is 2.06. The Bertz CT molecular complexity index is 526. The first-order valence-corrected chi connectivity index (χ1v) is 6.91. The molecule has 0 spiro atoms. The summed E-state index contributed by atoms with van der Waals surface area (Å²) in [6, 6.07) is 5.72. The second kappa shape index (κ2) is 6.41. The standard InChI is InChI=1S/C15H20N2O3/c1-4-8-20-16-11(3)12-6-7-14-13(9-12)17(5-2)15(18)10-19-14/h6-7,9H,4-5,8,10H2,1-3H3/b16-11+. The van der Waals surface area contributed by atoms with Crippen LogP contribution in [0.3, 0.4) is 0 Å². The Morgan fingerprint density at radius 1 is 1.45 bits per heavy atom. The predicted molar refractivity (Wildman–Crippen MR) is 78.4 cm³/mol. The lowest BCUT2D eigenvalue weighted by Crippen LogP contribution is -2.38. The van der Waals surface area contributed by atoms with Gasteiger partial charge in [-0.2, -0.15) is 0 Å². The molecule has 1 aromatic rings. The van der Waals surface area contributed by atoms with Gasteiger partial charge in [-0.05, 0) is 38.5 Å². The highest BCUT2D eigenvalue weighted by Crippen LogP contribution is 2.32. The van der Waals surface area contributed by atoms with Gasteiger partial charge in [-0.15, -0.1) is 0 Å². The van der Waals surface area contributed by atoms with Crippen LogP contribution < -0.4 is 9.64 Å². The molecule has 0 fully saturated rings. The normalized spacial score (nSPS) is 14.8. The van der Waals surface area contributed by atoms with Crippen molar-refractivity contribution in [3.63, 3.8) is 0 Å². The minimum absolute atomic E-state index is 0.0195. The first-order valence-electron chi connectivity index (χ1n) is 6.91. The Kier molecular flexibility index (Phi) is 4.61. The molecule has 1 aliphatic heterocycles. The zero-order valence-electron chi connectivity index (χ0n) is 12.2. The molecular weight excluding hydrogens is 256 g/mol. The fraction of sp³-hybridized carbons (Fsp3) is 0.467. The van der Waals surface area contributed by atoms with Crippen LogP contribution in [0.5, 0.6) is 5.75 Å². The lowest BCUT2D eigenvalue weighted by atomic mass is 10.1. The number of benzene rings is 1. The number of likely N-dealkylation sites (N-methyl/N-ethyl adjacent to an activating group) is 1. The summed E-state index contributed by atoms with van der Waals surface area (Å²) < 4.78 is 5.44. The van der Waals surface area contributed by atoms with Gasteiger partial charge in [-0.25, -0.2) is 0 Å². The van der Waals surface area contributed by atoms with Gasteiger partial charge in [-0.1, -0.05) is 12.1 Å². The van der Waals surface area contributed by atoms with Crippen LogP contribution in [0, 0.1) is 0 Å².